The fourth-order valence-corrected chi connectivity index (χ4v) is 7.70. The van der Waals surface area contributed by atoms with Gasteiger partial charge in [-0.05, 0) is 22.3 Å². The molecule has 0 radical (unpaired) electrons. The summed E-state index contributed by atoms with van der Waals surface area (Å²) in [7, 11) is 3.11. The van der Waals surface area contributed by atoms with Crippen molar-refractivity contribution in [2.24, 2.45) is 0 Å². The average molecular weight is 974 g/mol. The van der Waals surface area contributed by atoms with E-state index in [-0.39, 0.29) is 111 Å². The molecule has 5 heterocycles. The minimum atomic E-state index is -1.02. The lowest BCUT2D eigenvalue weighted by Crippen LogP contribution is -2.38. The third-order valence-corrected chi connectivity index (χ3v) is 11.4. The predicted octanol–water partition coefficient (Wildman–Crippen LogP) is 1.00. The zero-order valence-electron chi connectivity index (χ0n) is 38.2. The normalized spacial score (nSPS) is 12.3. The number of imidazole rings is 2. The van der Waals surface area contributed by atoms with Crippen molar-refractivity contribution in [2.45, 2.75) is 51.9 Å². The molecule has 7 rings (SSSR count). The monoisotopic (exact) mass is 973 g/mol. The molecule has 1 saturated heterocycles. The summed E-state index contributed by atoms with van der Waals surface area (Å²) < 4.78 is 23.7. The number of nitrogens with zero attached hydrogens (tertiary/aromatic N) is 7. The second-order valence-electron chi connectivity index (χ2n) is 15.5. The summed E-state index contributed by atoms with van der Waals surface area (Å²) in [6, 6.07) is 14.9. The minimum absolute atomic E-state index is 0.0352. The molecule has 2 aromatic carbocycles. The lowest BCUT2D eigenvalue weighted by atomic mass is 10.1. The van der Waals surface area contributed by atoms with Crippen LogP contribution >= 0.6 is 11.8 Å². The maximum absolute atomic E-state index is 12.6. The van der Waals surface area contributed by atoms with Crippen LogP contribution in [-0.4, -0.2) is 138 Å². The number of aromatic nitrogens is 8. The Kier molecular flexibility index (Phi) is 18.5. The molecule has 3 amide bonds. The number of carboxylic acid groups (broad SMARTS) is 1. The number of rotatable bonds is 22. The first-order chi connectivity index (χ1) is 33.3. The largest absolute Gasteiger partial charge is 0.481 e. The average Bonchev–Trinajstić information content (AvgIpc) is 3.84. The molecule has 0 unspecified atom stereocenters. The molecule has 0 bridgehead atoms. The summed E-state index contributed by atoms with van der Waals surface area (Å²) in [4.78, 5) is 95.6. The van der Waals surface area contributed by atoms with E-state index in [1.165, 1.54) is 9.13 Å². The van der Waals surface area contributed by atoms with Crippen LogP contribution < -0.4 is 43.0 Å². The van der Waals surface area contributed by atoms with E-state index in [0.29, 0.717) is 42.1 Å². The van der Waals surface area contributed by atoms with Crippen molar-refractivity contribution in [3.63, 3.8) is 0 Å². The van der Waals surface area contributed by atoms with Gasteiger partial charge in [-0.1, -0.05) is 48.5 Å². The highest BCUT2D eigenvalue weighted by atomic mass is 32.2. The van der Waals surface area contributed by atoms with Crippen molar-refractivity contribution in [1.82, 2.24) is 54.6 Å². The number of ether oxygens (including phenoxy) is 4. The van der Waals surface area contributed by atoms with E-state index < -0.39 is 5.97 Å². The lowest BCUT2D eigenvalue weighted by Gasteiger charge is -2.26. The Morgan fingerprint density at radius 2 is 1.06 bits per heavy atom. The van der Waals surface area contributed by atoms with Crippen LogP contribution in [0.1, 0.15) is 47.9 Å². The number of anilines is 2. The molecule has 9 N–H and O–H groups in total. The number of carboxylic acids is 1. The number of H-pyrrole nitrogens is 2. The smallest absolute Gasteiger partial charge is 0.328 e. The highest BCUT2D eigenvalue weighted by Crippen LogP contribution is 2.21. The van der Waals surface area contributed by atoms with E-state index in [2.05, 4.69) is 40.5 Å². The molecular formula is C44H55N13O11S. The Hall–Kier alpha value is -7.51. The first kappa shape index (κ1) is 50.9. The number of nitrogens with one attached hydrogen (secondary N) is 4. The van der Waals surface area contributed by atoms with Gasteiger partial charge in [-0.15, -0.1) is 0 Å². The van der Waals surface area contributed by atoms with Gasteiger partial charge in [-0.25, -0.2) is 9.59 Å². The van der Waals surface area contributed by atoms with E-state index in [9.17, 15) is 28.8 Å². The van der Waals surface area contributed by atoms with Gasteiger partial charge < -0.3 is 61.0 Å². The van der Waals surface area contributed by atoms with Crippen molar-refractivity contribution in [1.29, 1.82) is 0 Å². The molecule has 0 spiro atoms. The van der Waals surface area contributed by atoms with E-state index in [1.807, 2.05) is 65.2 Å². The van der Waals surface area contributed by atoms with Crippen molar-refractivity contribution < 1.29 is 43.2 Å². The molecule has 1 aliphatic heterocycles. The van der Waals surface area contributed by atoms with Gasteiger partial charge in [0.05, 0.1) is 32.7 Å². The summed E-state index contributed by atoms with van der Waals surface area (Å²) in [6.07, 6.45) is 0.116. The van der Waals surface area contributed by atoms with Gasteiger partial charge in [-0.2, -0.15) is 31.7 Å². The van der Waals surface area contributed by atoms with Crippen LogP contribution in [0.4, 0.5) is 11.6 Å². The van der Waals surface area contributed by atoms with Crippen LogP contribution in [0.3, 0.4) is 0 Å². The number of benzene rings is 2. The predicted molar refractivity (Wildman–Crippen MR) is 255 cm³/mol. The highest BCUT2D eigenvalue weighted by Gasteiger charge is 2.19. The summed E-state index contributed by atoms with van der Waals surface area (Å²) in [5.41, 5.74) is 16.0. The fourth-order valence-electron chi connectivity index (χ4n) is 6.80. The SMILES string of the molecule is COCCOc1nc(N)c2[nH]c(=O)n(Cc3ccc(CNC(=O)CCC(=O)N4CCSCC4)cc3)c2n1.COCCOc1nc(N)c2[nH]c(=O)n(Cc3ccc(CNC(=O)CCC(=O)O)cc3)c2n1. The van der Waals surface area contributed by atoms with Gasteiger partial charge in [0.1, 0.15) is 24.2 Å². The number of amides is 3. The number of nitrogens with two attached hydrogens (primary N) is 2. The first-order valence-corrected chi connectivity index (χ1v) is 23.0. The molecule has 0 aliphatic carbocycles. The van der Waals surface area contributed by atoms with E-state index in [0.717, 1.165) is 46.8 Å². The Morgan fingerprint density at radius 1 is 0.638 bits per heavy atom. The molecule has 1 aliphatic rings. The molecule has 24 nitrogen and oxygen atoms in total. The number of aliphatic carboxylic acids is 1. The summed E-state index contributed by atoms with van der Waals surface area (Å²) in [5.74, 6) is 0.663. The van der Waals surface area contributed by atoms with Gasteiger partial charge in [0.25, 0.3) is 0 Å². The number of carbonyl (C=O) groups excluding carboxylic acids is 3. The maximum Gasteiger partial charge on any atom is 0.328 e. The second-order valence-corrected chi connectivity index (χ2v) is 16.7. The maximum atomic E-state index is 12.6. The number of hydrogen-bond acceptors (Lipinski definition) is 17. The Balaban J connectivity index is 0.000000229. The third kappa shape index (κ3) is 14.7. The van der Waals surface area contributed by atoms with Crippen LogP contribution in [-0.2, 0) is 54.8 Å². The highest BCUT2D eigenvalue weighted by molar-refractivity contribution is 7.99. The molecule has 368 valence electrons. The van der Waals surface area contributed by atoms with Gasteiger partial charge >= 0.3 is 29.4 Å². The number of nitrogen functional groups attached to an aromatic ring is 2. The minimum Gasteiger partial charge on any atom is -0.481 e. The second kappa shape index (κ2) is 25.0. The number of carbonyl (C=O) groups is 4. The molecular weight excluding hydrogens is 919 g/mol. The van der Waals surface area contributed by atoms with E-state index in [4.69, 9.17) is 35.5 Å². The standard InChI is InChI=1S/C24H31N7O5S.C20H24N6O6/c1-35-10-11-36-23-28-21(25)20-22(29-23)31(24(34)27-20)15-17-4-2-16(3-5-17)14-26-18(32)6-7-19(33)30-8-12-37-13-9-30;1-31-8-9-32-19-24-17(21)16-18(25-19)26(20(30)23-16)11-13-4-2-12(3-5-13)10-22-14(27)6-7-15(28)29/h2-5H,6-15H2,1H3,(H,26,32)(H,27,34)(H2,25,28,29);2-5H,6-11H2,1H3,(H,22,27)(H,23,30)(H,28,29)(H2,21,24,25). The van der Waals surface area contributed by atoms with Crippen LogP contribution in [0.2, 0.25) is 0 Å². The number of aromatic amines is 2. The molecule has 69 heavy (non-hydrogen) atoms. The third-order valence-electron chi connectivity index (χ3n) is 10.5. The number of thioether (sulfide) groups is 1. The van der Waals surface area contributed by atoms with Gasteiger partial charge in [-0.3, -0.25) is 28.3 Å². The van der Waals surface area contributed by atoms with E-state index in [1.54, 1.807) is 14.2 Å². The van der Waals surface area contributed by atoms with Gasteiger partial charge in [0.15, 0.2) is 22.9 Å². The molecule has 0 atom stereocenters. The van der Waals surface area contributed by atoms with E-state index >= 15 is 0 Å². The number of methoxy groups -OCH3 is 2. The Bertz CT molecular complexity index is 2820. The first-order valence-electron chi connectivity index (χ1n) is 21.8. The Labute approximate surface area is 398 Å². The zero-order chi connectivity index (χ0) is 49.3. The van der Waals surface area contributed by atoms with Crippen LogP contribution in [0.5, 0.6) is 12.0 Å². The number of fused-ring (bicyclic) bond motifs is 2. The molecule has 0 saturated carbocycles. The Morgan fingerprint density at radius 3 is 1.48 bits per heavy atom. The van der Waals surface area contributed by atoms with Crippen molar-refractivity contribution in [3.05, 3.63) is 91.8 Å². The molecule has 1 fully saturated rings. The molecule has 6 aromatic rings. The lowest BCUT2D eigenvalue weighted by molar-refractivity contribution is -0.138. The summed E-state index contributed by atoms with van der Waals surface area (Å²) in [6.45, 7) is 3.85. The summed E-state index contributed by atoms with van der Waals surface area (Å²) >= 11 is 1.84. The zero-order valence-corrected chi connectivity index (χ0v) is 39.0. The molecule has 25 heteroatoms. The van der Waals surface area contributed by atoms with Crippen LogP contribution in [0.25, 0.3) is 22.3 Å². The van der Waals surface area contributed by atoms with Crippen LogP contribution in [0, 0.1) is 0 Å². The fraction of sp³-hybridized carbons (Fsp3) is 0.409. The summed E-state index contributed by atoms with van der Waals surface area (Å²) in [5, 5.41) is 14.1. The van der Waals surface area contributed by atoms with Gasteiger partial charge in [0.2, 0.25) is 17.7 Å². The van der Waals surface area contributed by atoms with Crippen molar-refractivity contribution >= 4 is 69.4 Å². The van der Waals surface area contributed by atoms with Gasteiger partial charge in [0, 0.05) is 71.2 Å². The van der Waals surface area contributed by atoms with Crippen molar-refractivity contribution in [2.75, 3.05) is 76.7 Å². The van der Waals surface area contributed by atoms with Crippen molar-refractivity contribution in [3.8, 4) is 12.0 Å². The van der Waals surface area contributed by atoms with Crippen LogP contribution in [0.15, 0.2) is 58.1 Å². The quantitative estimate of drug-likeness (QED) is 0.0467. The number of hydrogen-bond donors (Lipinski definition) is 7. The molecule has 4 aromatic heterocycles. The topological polar surface area (TPSA) is 332 Å².